The molecule has 0 saturated heterocycles. The fourth-order valence-electron chi connectivity index (χ4n) is 1.97. The quantitative estimate of drug-likeness (QED) is 0.319. The number of ether oxygens (including phenoxy) is 2. The molecular weight excluding hydrogens is 447 g/mol. The summed E-state index contributed by atoms with van der Waals surface area (Å²) in [5, 5.41) is 5.25. The van der Waals surface area contributed by atoms with Crippen LogP contribution in [-0.2, 0) is 18.7 Å². The van der Waals surface area contributed by atoms with E-state index in [0.717, 1.165) is 11.4 Å². The van der Waals surface area contributed by atoms with E-state index in [2.05, 4.69) is 15.2 Å². The second-order valence-corrected chi connectivity index (χ2v) is 7.90. The van der Waals surface area contributed by atoms with Crippen LogP contribution in [0.4, 0.5) is 11.4 Å². The minimum Gasteiger partial charge on any atom is -0.483 e. The molecule has 0 spiro atoms. The fourth-order valence-corrected chi connectivity index (χ4v) is 2.41. The Kier molecular flexibility index (Phi) is 11.7. The van der Waals surface area contributed by atoms with Crippen LogP contribution in [0, 0.1) is 0 Å². The van der Waals surface area contributed by atoms with Crippen LogP contribution in [0.15, 0.2) is 48.5 Å². The van der Waals surface area contributed by atoms with Crippen LogP contribution in [0.2, 0.25) is 0 Å². The van der Waals surface area contributed by atoms with E-state index in [1.807, 2.05) is 30.5 Å². The number of carbonyl (C=O) groups is 2. The van der Waals surface area contributed by atoms with Crippen LogP contribution in [0.25, 0.3) is 0 Å². The van der Waals surface area contributed by atoms with Gasteiger partial charge in [-0.2, -0.15) is 0 Å². The van der Waals surface area contributed by atoms with Gasteiger partial charge in [0.1, 0.15) is 17.4 Å². The first kappa shape index (κ1) is 26.5. The van der Waals surface area contributed by atoms with Gasteiger partial charge in [-0.25, -0.2) is 9.09 Å². The van der Waals surface area contributed by atoms with Crippen molar-refractivity contribution in [1.29, 1.82) is 0 Å². The number of nitrogens with one attached hydrogen (secondary N) is 2. The zero-order valence-electron chi connectivity index (χ0n) is 17.2. The summed E-state index contributed by atoms with van der Waals surface area (Å²) >= 11 is 1.62. The molecule has 2 rings (SSSR count). The molecule has 0 aromatic heterocycles. The summed E-state index contributed by atoms with van der Waals surface area (Å²) in [6, 6.07) is 13.6. The molecule has 0 aliphatic carbocycles. The predicted molar refractivity (Wildman–Crippen MR) is 119 cm³/mol. The van der Waals surface area contributed by atoms with Crippen LogP contribution in [0.5, 0.6) is 11.5 Å². The minimum atomic E-state index is -4.51. The first-order chi connectivity index (χ1) is 14.6. The Morgan fingerprint density at radius 1 is 0.871 bits per heavy atom. The van der Waals surface area contributed by atoms with E-state index in [1.54, 1.807) is 23.9 Å². The van der Waals surface area contributed by atoms with E-state index in [-0.39, 0.29) is 11.8 Å². The molecule has 0 unspecified atom stereocenters. The third-order valence-corrected chi connectivity index (χ3v) is 3.93. The molecule has 2 aromatic rings. The normalized spacial score (nSPS) is 10.4. The molecule has 2 amide bonds. The van der Waals surface area contributed by atoms with E-state index in [1.165, 1.54) is 26.0 Å². The van der Waals surface area contributed by atoms with Gasteiger partial charge < -0.3 is 29.9 Å². The largest absolute Gasteiger partial charge is 0.483 e. The summed E-state index contributed by atoms with van der Waals surface area (Å²) in [6.07, 6.45) is 1.98. The number of amides is 2. The highest BCUT2D eigenvalue weighted by Gasteiger charge is 2.13. The molecule has 12 heteroatoms. The van der Waals surface area contributed by atoms with E-state index < -0.39 is 14.6 Å². The van der Waals surface area contributed by atoms with E-state index in [9.17, 15) is 14.2 Å². The van der Waals surface area contributed by atoms with Crippen molar-refractivity contribution in [3.05, 3.63) is 48.5 Å². The average Bonchev–Trinajstić information content (AvgIpc) is 2.67. The van der Waals surface area contributed by atoms with Gasteiger partial charge in [-0.05, 0) is 54.8 Å². The number of thioether (sulfide) groups is 1. The van der Waals surface area contributed by atoms with Crippen molar-refractivity contribution in [2.24, 2.45) is 0 Å². The molecule has 0 aliphatic heterocycles. The lowest BCUT2D eigenvalue weighted by molar-refractivity contribution is -0.115. The van der Waals surface area contributed by atoms with Gasteiger partial charge in [-0.15, -0.1) is 11.8 Å². The van der Waals surface area contributed by atoms with Crippen molar-refractivity contribution in [2.75, 3.05) is 29.6 Å². The third-order valence-electron chi connectivity index (χ3n) is 3.14. The number of anilines is 2. The highest BCUT2D eigenvalue weighted by atomic mass is 32.2. The Labute approximate surface area is 184 Å². The van der Waals surface area contributed by atoms with Gasteiger partial charge in [0.2, 0.25) is 11.8 Å². The summed E-state index contributed by atoms with van der Waals surface area (Å²) in [5.74, 6) is 1.56. The highest BCUT2D eigenvalue weighted by molar-refractivity contribution is 7.98. The maximum atomic E-state index is 10.7. The summed E-state index contributed by atoms with van der Waals surface area (Å²) in [7, 11) is -4.51. The van der Waals surface area contributed by atoms with E-state index in [0.29, 0.717) is 17.4 Å². The first-order valence-electron chi connectivity index (χ1n) is 8.79. The lowest BCUT2D eigenvalue weighted by atomic mass is 10.3. The van der Waals surface area contributed by atoms with Gasteiger partial charge in [0.05, 0.1) is 0 Å². The van der Waals surface area contributed by atoms with Crippen LogP contribution in [0.1, 0.15) is 13.8 Å². The Balaban J connectivity index is 0.000000316. The highest BCUT2D eigenvalue weighted by Crippen LogP contribution is 2.35. The lowest BCUT2D eigenvalue weighted by Gasteiger charge is -2.08. The Morgan fingerprint density at radius 2 is 1.29 bits per heavy atom. The monoisotopic (exact) mass is 472 g/mol. The minimum absolute atomic E-state index is 0.0669. The van der Waals surface area contributed by atoms with Gasteiger partial charge in [0, 0.05) is 25.2 Å². The molecular formula is C19H25N2O8PS. The maximum Gasteiger partial charge on any atom is 0.472 e. The zero-order chi connectivity index (χ0) is 23.3. The molecule has 0 fully saturated rings. The topological polar surface area (TPSA) is 143 Å². The van der Waals surface area contributed by atoms with Crippen LogP contribution in [0.3, 0.4) is 0 Å². The SMILES string of the molecule is CC(=O)Nc1ccc(OCOP(=O)(O)O)cc1.CSCOc1ccc(NC(C)=O)cc1. The number of hydrogen-bond donors (Lipinski definition) is 4. The number of hydrogen-bond acceptors (Lipinski definition) is 7. The number of carbonyl (C=O) groups excluding carboxylic acids is 2. The summed E-state index contributed by atoms with van der Waals surface area (Å²) in [6.45, 7) is 2.32. The lowest BCUT2D eigenvalue weighted by Crippen LogP contribution is -2.05. The Bertz CT molecular complexity index is 871. The molecule has 2 aromatic carbocycles. The molecule has 0 aliphatic rings. The van der Waals surface area contributed by atoms with Crippen molar-refractivity contribution in [2.45, 2.75) is 13.8 Å². The average molecular weight is 472 g/mol. The number of phosphoric ester groups is 1. The molecule has 4 N–H and O–H groups in total. The summed E-state index contributed by atoms with van der Waals surface area (Å²) in [4.78, 5) is 38.3. The number of benzene rings is 2. The first-order valence-corrected chi connectivity index (χ1v) is 11.7. The molecule has 0 saturated carbocycles. The maximum absolute atomic E-state index is 10.7. The Morgan fingerprint density at radius 3 is 1.65 bits per heavy atom. The molecule has 0 atom stereocenters. The van der Waals surface area contributed by atoms with E-state index >= 15 is 0 Å². The van der Waals surface area contributed by atoms with Gasteiger partial charge in [0.15, 0.2) is 6.79 Å². The molecule has 31 heavy (non-hydrogen) atoms. The van der Waals surface area contributed by atoms with Crippen molar-refractivity contribution in [1.82, 2.24) is 0 Å². The fraction of sp³-hybridized carbons (Fsp3) is 0.263. The van der Waals surface area contributed by atoms with Gasteiger partial charge in [0.25, 0.3) is 0 Å². The smallest absolute Gasteiger partial charge is 0.472 e. The van der Waals surface area contributed by atoms with Crippen molar-refractivity contribution >= 4 is 42.8 Å². The van der Waals surface area contributed by atoms with E-state index in [4.69, 9.17) is 19.3 Å². The van der Waals surface area contributed by atoms with Crippen molar-refractivity contribution in [3.8, 4) is 11.5 Å². The van der Waals surface area contributed by atoms with Gasteiger partial charge >= 0.3 is 7.82 Å². The second-order valence-electron chi connectivity index (χ2n) is 5.84. The molecule has 0 bridgehead atoms. The van der Waals surface area contributed by atoms with Crippen LogP contribution in [-0.4, -0.2) is 40.6 Å². The molecule has 10 nitrogen and oxygen atoms in total. The zero-order valence-corrected chi connectivity index (χ0v) is 18.9. The molecule has 170 valence electrons. The van der Waals surface area contributed by atoms with Crippen molar-refractivity contribution in [3.63, 3.8) is 0 Å². The summed E-state index contributed by atoms with van der Waals surface area (Å²) in [5.41, 5.74) is 1.38. The molecule has 0 radical (unpaired) electrons. The third kappa shape index (κ3) is 13.4. The van der Waals surface area contributed by atoms with Crippen LogP contribution >= 0.6 is 19.6 Å². The van der Waals surface area contributed by atoms with Gasteiger partial charge in [-0.3, -0.25) is 9.59 Å². The Hall–Kier alpha value is -2.56. The second kappa shape index (κ2) is 13.7. The van der Waals surface area contributed by atoms with Crippen molar-refractivity contribution < 1.29 is 37.9 Å². The standard InChI is InChI=1S/C10H13NO2S.C9H12NO6P/c1-8(12)11-9-3-5-10(6-4-9)13-7-14-2;1-7(11)10-8-2-4-9(5-3-8)15-6-16-17(12,13)14/h3-6H,7H2,1-2H3,(H,11,12);2-5H,6H2,1H3,(H,10,11)(H2,12,13,14). The number of phosphoric acid groups is 1. The summed E-state index contributed by atoms with van der Waals surface area (Å²) < 4.78 is 24.7. The number of rotatable bonds is 9. The van der Waals surface area contributed by atoms with Crippen LogP contribution < -0.4 is 20.1 Å². The predicted octanol–water partition coefficient (Wildman–Crippen LogP) is 3.43. The van der Waals surface area contributed by atoms with Gasteiger partial charge in [-0.1, -0.05) is 0 Å². The molecule has 0 heterocycles.